The van der Waals surface area contributed by atoms with Crippen LogP contribution in [0.15, 0.2) is 69.8 Å². The summed E-state index contributed by atoms with van der Waals surface area (Å²) in [6.07, 6.45) is 19.2. The minimum Gasteiger partial charge on any atom is -0.508 e. The van der Waals surface area contributed by atoms with Crippen molar-refractivity contribution in [3.63, 3.8) is 0 Å². The molecule has 1 unspecified atom stereocenters. The molecule has 1 N–H and O–H groups in total. The van der Waals surface area contributed by atoms with E-state index in [0.717, 1.165) is 31.3 Å². The number of hydrogen-bond acceptors (Lipinski definition) is 4. The molecule has 0 aliphatic carbocycles. The minimum atomic E-state index is -0.474. The Morgan fingerprint density at radius 1 is 1.25 bits per heavy atom. The van der Waals surface area contributed by atoms with Gasteiger partial charge in [-0.2, -0.15) is 0 Å². The van der Waals surface area contributed by atoms with Crippen molar-refractivity contribution in [1.82, 2.24) is 0 Å². The molecule has 1 atom stereocenters. The lowest BCUT2D eigenvalue weighted by molar-refractivity contribution is -0.140. The summed E-state index contributed by atoms with van der Waals surface area (Å²) >= 11 is 0. The first-order valence-corrected chi connectivity index (χ1v) is 11.8. The molecule has 4 nitrogen and oxygen atoms in total. The molecule has 0 spiro atoms. The van der Waals surface area contributed by atoms with Crippen molar-refractivity contribution in [1.29, 1.82) is 0 Å². The second kappa shape index (κ2) is 15.3. The van der Waals surface area contributed by atoms with E-state index in [4.69, 9.17) is 9.15 Å². The van der Waals surface area contributed by atoms with Crippen molar-refractivity contribution in [2.45, 2.75) is 92.6 Å². The van der Waals surface area contributed by atoms with Crippen molar-refractivity contribution < 1.29 is 19.1 Å². The van der Waals surface area contributed by atoms with Crippen LogP contribution >= 0.6 is 0 Å². The van der Waals surface area contributed by atoms with E-state index in [1.165, 1.54) is 24.0 Å². The molecule has 4 heteroatoms. The van der Waals surface area contributed by atoms with Crippen LogP contribution in [0, 0.1) is 5.92 Å². The quantitative estimate of drug-likeness (QED) is 0.214. The van der Waals surface area contributed by atoms with Gasteiger partial charge in [-0.25, -0.2) is 4.79 Å². The molecule has 0 saturated carbocycles. The molecule has 2 rings (SSSR count). The van der Waals surface area contributed by atoms with Crippen LogP contribution in [-0.4, -0.2) is 17.2 Å². The number of allylic oxidation sites excluding steroid dienone is 5. The van der Waals surface area contributed by atoms with Gasteiger partial charge in [0.05, 0.1) is 18.1 Å². The van der Waals surface area contributed by atoms with Gasteiger partial charge in [0.1, 0.15) is 5.76 Å². The van der Waals surface area contributed by atoms with Gasteiger partial charge in [-0.05, 0) is 76.8 Å². The number of aliphatic hydroxyl groups is 1. The highest BCUT2D eigenvalue weighted by Crippen LogP contribution is 2.25. The Morgan fingerprint density at radius 3 is 2.56 bits per heavy atom. The second-order valence-corrected chi connectivity index (χ2v) is 8.96. The van der Waals surface area contributed by atoms with E-state index in [0.29, 0.717) is 17.9 Å². The number of carbonyl (C=O) groups is 1. The van der Waals surface area contributed by atoms with Gasteiger partial charge >= 0.3 is 5.97 Å². The Morgan fingerprint density at radius 2 is 2.00 bits per heavy atom. The normalized spacial score (nSPS) is 17.2. The Kier molecular flexibility index (Phi) is 13.2. The maximum atomic E-state index is 11.2. The summed E-state index contributed by atoms with van der Waals surface area (Å²) in [5, 5.41) is 9.70. The fourth-order valence-corrected chi connectivity index (χ4v) is 3.25. The number of furan rings is 1. The number of esters is 1. The lowest BCUT2D eigenvalue weighted by Crippen LogP contribution is -2.12. The molecule has 0 bridgehead atoms. The molecule has 0 radical (unpaired) electrons. The highest BCUT2D eigenvalue weighted by molar-refractivity contribution is 5.91. The minimum absolute atomic E-state index is 0.0895. The molecular weight excluding hydrogens is 400 g/mol. The molecular formula is C28H42O4. The molecule has 2 heterocycles. The smallest absolute Gasteiger partial charge is 0.338 e. The Balaban J connectivity index is 0.000000323. The number of carbonyl (C=O) groups excluding carboxylic acids is 1. The average Bonchev–Trinajstić information content (AvgIpc) is 3.33. The summed E-state index contributed by atoms with van der Waals surface area (Å²) in [6.45, 7) is 12.3. The average molecular weight is 443 g/mol. The van der Waals surface area contributed by atoms with Gasteiger partial charge in [0.25, 0.3) is 0 Å². The maximum Gasteiger partial charge on any atom is 0.338 e. The van der Waals surface area contributed by atoms with Crippen molar-refractivity contribution in [3.05, 3.63) is 70.9 Å². The first kappa shape index (κ1) is 27.5. The van der Waals surface area contributed by atoms with Gasteiger partial charge in [0.15, 0.2) is 6.10 Å². The van der Waals surface area contributed by atoms with E-state index in [1.54, 1.807) is 13.2 Å². The topological polar surface area (TPSA) is 59.7 Å². The summed E-state index contributed by atoms with van der Waals surface area (Å²) in [6, 6.07) is 2.04. The molecule has 1 aromatic heterocycles. The van der Waals surface area contributed by atoms with Crippen LogP contribution in [0.4, 0.5) is 0 Å². The Hall–Kier alpha value is -2.49. The zero-order valence-corrected chi connectivity index (χ0v) is 20.8. The van der Waals surface area contributed by atoms with Gasteiger partial charge < -0.3 is 14.3 Å². The number of ether oxygens (including phenoxy) is 1. The largest absolute Gasteiger partial charge is 0.508 e. The van der Waals surface area contributed by atoms with E-state index in [2.05, 4.69) is 52.0 Å². The standard InChI is InChI=1S/C14H22O3.C14H20O/c1-9(2)6-5-7-10(3)8-12-13(15)11(4)14(16)17-12;1-3-4-5-7-13(2)8-6-9-14-10-11-15-12-14/h7,9,12,15H,5-6,8H2,1-4H3;4-5,7,10-12H,3,6,8-9H2,1-2H3/b10-7+;5-4+,13-7+. The first-order valence-electron chi connectivity index (χ1n) is 11.8. The molecule has 0 aromatic carbocycles. The zero-order valence-electron chi connectivity index (χ0n) is 20.8. The lowest BCUT2D eigenvalue weighted by Gasteiger charge is -2.10. The third-order valence-electron chi connectivity index (χ3n) is 5.36. The number of hydrogen-bond donors (Lipinski definition) is 1. The second-order valence-electron chi connectivity index (χ2n) is 8.96. The predicted octanol–water partition coefficient (Wildman–Crippen LogP) is 8.03. The molecule has 0 fully saturated rings. The fourth-order valence-electron chi connectivity index (χ4n) is 3.25. The van der Waals surface area contributed by atoms with E-state index in [9.17, 15) is 9.90 Å². The van der Waals surface area contributed by atoms with Crippen molar-refractivity contribution in [2.75, 3.05) is 0 Å². The SMILES string of the molecule is CC/C=C/C=C(\C)CCCc1ccoc1.CC1=C(O)C(C/C(C)=C/CCC(C)C)OC1=O. The van der Waals surface area contributed by atoms with Gasteiger partial charge in [-0.1, -0.05) is 56.2 Å². The third-order valence-corrected chi connectivity index (χ3v) is 5.36. The van der Waals surface area contributed by atoms with Gasteiger partial charge in [-0.3, -0.25) is 0 Å². The number of cyclic esters (lactones) is 1. The molecule has 1 aliphatic rings. The lowest BCUT2D eigenvalue weighted by atomic mass is 10.0. The third kappa shape index (κ3) is 11.2. The molecule has 32 heavy (non-hydrogen) atoms. The summed E-state index contributed by atoms with van der Waals surface area (Å²) in [5.41, 5.74) is 4.24. The molecule has 0 amide bonds. The van der Waals surface area contributed by atoms with Crippen LogP contribution < -0.4 is 0 Å². The Labute approximate surface area is 194 Å². The molecule has 178 valence electrons. The van der Waals surface area contributed by atoms with Crippen molar-refractivity contribution >= 4 is 5.97 Å². The summed E-state index contributed by atoms with van der Waals surface area (Å²) in [4.78, 5) is 11.2. The van der Waals surface area contributed by atoms with Crippen LogP contribution in [-0.2, 0) is 16.0 Å². The van der Waals surface area contributed by atoms with Gasteiger partial charge in [-0.15, -0.1) is 0 Å². The summed E-state index contributed by atoms with van der Waals surface area (Å²) in [7, 11) is 0. The maximum absolute atomic E-state index is 11.2. The van der Waals surface area contributed by atoms with E-state index >= 15 is 0 Å². The molecule has 1 aliphatic heterocycles. The van der Waals surface area contributed by atoms with Crippen LogP contribution in [0.5, 0.6) is 0 Å². The van der Waals surface area contributed by atoms with Crippen LogP contribution in [0.2, 0.25) is 0 Å². The van der Waals surface area contributed by atoms with E-state index in [-0.39, 0.29) is 5.76 Å². The van der Waals surface area contributed by atoms with E-state index in [1.807, 2.05) is 19.3 Å². The van der Waals surface area contributed by atoms with Crippen molar-refractivity contribution in [3.8, 4) is 0 Å². The van der Waals surface area contributed by atoms with Gasteiger partial charge in [0, 0.05) is 6.42 Å². The van der Waals surface area contributed by atoms with Crippen LogP contribution in [0.1, 0.15) is 85.6 Å². The number of aryl methyl sites for hydroxylation is 1. The van der Waals surface area contributed by atoms with Crippen LogP contribution in [0.25, 0.3) is 0 Å². The predicted molar refractivity (Wildman–Crippen MR) is 132 cm³/mol. The fraction of sp³-hybridized carbons (Fsp3) is 0.536. The molecule has 1 aromatic rings. The zero-order chi connectivity index (χ0) is 23.9. The Bertz CT molecular complexity index is 791. The highest BCUT2D eigenvalue weighted by atomic mass is 16.6. The first-order chi connectivity index (χ1) is 15.2. The van der Waals surface area contributed by atoms with E-state index < -0.39 is 12.1 Å². The number of rotatable bonds is 11. The monoisotopic (exact) mass is 442 g/mol. The molecule has 0 saturated heterocycles. The summed E-state index contributed by atoms with van der Waals surface area (Å²) < 4.78 is 10.1. The highest BCUT2D eigenvalue weighted by Gasteiger charge is 2.31. The van der Waals surface area contributed by atoms with Crippen molar-refractivity contribution in [2.24, 2.45) is 5.92 Å². The number of aliphatic hydroxyl groups excluding tert-OH is 1. The summed E-state index contributed by atoms with van der Waals surface area (Å²) in [5.74, 6) is 0.382. The van der Waals surface area contributed by atoms with Gasteiger partial charge in [0.2, 0.25) is 0 Å². The van der Waals surface area contributed by atoms with Crippen LogP contribution in [0.3, 0.4) is 0 Å².